The Morgan fingerprint density at radius 3 is 2.79 bits per heavy atom. The molecule has 1 aromatic carbocycles. The highest BCUT2D eigenvalue weighted by Gasteiger charge is 2.22. The number of aryl methyl sites for hydroxylation is 1. The van der Waals surface area contributed by atoms with Gasteiger partial charge in [-0.1, -0.05) is 11.3 Å². The van der Waals surface area contributed by atoms with Crippen LogP contribution in [0, 0.1) is 6.92 Å². The van der Waals surface area contributed by atoms with Crippen molar-refractivity contribution in [2.75, 3.05) is 16.8 Å². The maximum absolute atomic E-state index is 12.1. The highest BCUT2D eigenvalue weighted by Crippen LogP contribution is 2.30. The molecule has 7 heteroatoms. The number of aromatic nitrogens is 1. The summed E-state index contributed by atoms with van der Waals surface area (Å²) in [6.45, 7) is 4.47. The van der Waals surface area contributed by atoms with Crippen LogP contribution in [0.15, 0.2) is 28.4 Å². The minimum Gasteiger partial charge on any atom is -0.326 e. The normalized spacial score (nSPS) is 13.0. The van der Waals surface area contributed by atoms with E-state index in [1.54, 1.807) is 27.8 Å². The molecule has 0 unspecified atom stereocenters. The van der Waals surface area contributed by atoms with Gasteiger partial charge in [0.05, 0.1) is 0 Å². The van der Waals surface area contributed by atoms with Crippen LogP contribution in [0.1, 0.15) is 24.6 Å². The summed E-state index contributed by atoms with van der Waals surface area (Å²) in [7, 11) is 0. The lowest BCUT2D eigenvalue weighted by Crippen LogP contribution is -2.25. The average molecular weight is 345 g/mol. The van der Waals surface area contributed by atoms with E-state index in [1.165, 1.54) is 0 Å². The standard InChI is InChI=1S/C17H19N3O3S/c1-11-10-24-17(23)19(11)8-6-16(22)18-14-3-4-15-13(9-14)5-7-20(15)12(2)21/h3-4,9-10H,5-8H2,1-2H3,(H,18,22). The zero-order valence-electron chi connectivity index (χ0n) is 13.7. The van der Waals surface area contributed by atoms with E-state index in [2.05, 4.69) is 5.32 Å². The van der Waals surface area contributed by atoms with Gasteiger partial charge in [0.1, 0.15) is 0 Å². The Balaban J connectivity index is 1.63. The Labute approximate surface area is 143 Å². The van der Waals surface area contributed by atoms with Crippen molar-refractivity contribution in [2.45, 2.75) is 33.2 Å². The Hall–Kier alpha value is -2.41. The van der Waals surface area contributed by atoms with Crippen molar-refractivity contribution >= 4 is 34.5 Å². The van der Waals surface area contributed by atoms with Crippen LogP contribution in [0.5, 0.6) is 0 Å². The second kappa shape index (κ2) is 6.60. The molecule has 0 bridgehead atoms. The van der Waals surface area contributed by atoms with Gasteiger partial charge < -0.3 is 14.8 Å². The first-order valence-electron chi connectivity index (χ1n) is 7.81. The van der Waals surface area contributed by atoms with Crippen LogP contribution in [0.4, 0.5) is 11.4 Å². The van der Waals surface area contributed by atoms with Gasteiger partial charge in [0.15, 0.2) is 0 Å². The number of hydrogen-bond acceptors (Lipinski definition) is 4. The Bertz CT molecular complexity index is 853. The predicted octanol–water partition coefficient (Wildman–Crippen LogP) is 2.16. The third kappa shape index (κ3) is 3.26. The number of carbonyl (C=O) groups excluding carboxylic acids is 2. The molecule has 0 atom stereocenters. The number of nitrogens with one attached hydrogen (secondary N) is 1. The van der Waals surface area contributed by atoms with Gasteiger partial charge in [0.25, 0.3) is 0 Å². The molecule has 2 amide bonds. The van der Waals surface area contributed by atoms with Gasteiger partial charge >= 0.3 is 4.87 Å². The van der Waals surface area contributed by atoms with E-state index in [-0.39, 0.29) is 23.1 Å². The summed E-state index contributed by atoms with van der Waals surface area (Å²) in [5.74, 6) is -0.101. The first-order chi connectivity index (χ1) is 11.5. The molecule has 1 aliphatic heterocycles. The molecule has 24 heavy (non-hydrogen) atoms. The van der Waals surface area contributed by atoms with E-state index < -0.39 is 0 Å². The summed E-state index contributed by atoms with van der Waals surface area (Å²) in [6, 6.07) is 5.59. The lowest BCUT2D eigenvalue weighted by Gasteiger charge is -2.15. The van der Waals surface area contributed by atoms with Crippen LogP contribution in [-0.4, -0.2) is 22.9 Å². The Morgan fingerprint density at radius 1 is 1.33 bits per heavy atom. The first-order valence-corrected chi connectivity index (χ1v) is 8.69. The largest absolute Gasteiger partial charge is 0.326 e. The molecular formula is C17H19N3O3S. The molecule has 0 aliphatic carbocycles. The molecule has 1 aromatic heterocycles. The molecule has 1 N–H and O–H groups in total. The molecule has 6 nitrogen and oxygen atoms in total. The monoisotopic (exact) mass is 345 g/mol. The Morgan fingerprint density at radius 2 is 2.12 bits per heavy atom. The molecule has 126 valence electrons. The summed E-state index contributed by atoms with van der Waals surface area (Å²) in [4.78, 5) is 37.0. The summed E-state index contributed by atoms with van der Waals surface area (Å²) in [5.41, 5.74) is 3.58. The van der Waals surface area contributed by atoms with Crippen molar-refractivity contribution in [1.29, 1.82) is 0 Å². The van der Waals surface area contributed by atoms with Gasteiger partial charge in [-0.05, 0) is 37.1 Å². The summed E-state index contributed by atoms with van der Waals surface area (Å²) >= 11 is 1.15. The third-order valence-electron chi connectivity index (χ3n) is 4.18. The lowest BCUT2D eigenvalue weighted by molar-refractivity contribution is -0.117. The number of amides is 2. The van der Waals surface area contributed by atoms with Crippen LogP contribution in [0.3, 0.4) is 0 Å². The van der Waals surface area contributed by atoms with Gasteiger partial charge in [-0.2, -0.15) is 0 Å². The minimum atomic E-state index is -0.131. The topological polar surface area (TPSA) is 71.4 Å². The van der Waals surface area contributed by atoms with Crippen molar-refractivity contribution in [3.63, 3.8) is 0 Å². The second-order valence-electron chi connectivity index (χ2n) is 5.86. The van der Waals surface area contributed by atoms with Crippen LogP contribution < -0.4 is 15.1 Å². The molecule has 2 heterocycles. The highest BCUT2D eigenvalue weighted by molar-refractivity contribution is 7.07. The van der Waals surface area contributed by atoms with Crippen molar-refractivity contribution in [3.05, 3.63) is 44.5 Å². The number of nitrogens with zero attached hydrogens (tertiary/aromatic N) is 2. The molecule has 0 radical (unpaired) electrons. The minimum absolute atomic E-state index is 0.0297. The number of rotatable bonds is 4. The van der Waals surface area contributed by atoms with E-state index in [0.717, 1.165) is 40.4 Å². The maximum atomic E-state index is 12.1. The highest BCUT2D eigenvalue weighted by atomic mass is 32.1. The molecular weight excluding hydrogens is 326 g/mol. The van der Waals surface area contributed by atoms with Crippen LogP contribution in [0.2, 0.25) is 0 Å². The smallest absolute Gasteiger partial charge is 0.307 e. The van der Waals surface area contributed by atoms with Gasteiger partial charge in [0, 0.05) is 48.9 Å². The van der Waals surface area contributed by atoms with Crippen molar-refractivity contribution in [1.82, 2.24) is 4.57 Å². The third-order valence-corrected chi connectivity index (χ3v) is 5.06. The second-order valence-corrected chi connectivity index (χ2v) is 6.68. The number of thiazole rings is 1. The molecule has 0 saturated heterocycles. The van der Waals surface area contributed by atoms with Crippen LogP contribution in [-0.2, 0) is 22.6 Å². The lowest BCUT2D eigenvalue weighted by atomic mass is 10.1. The number of hydrogen-bond donors (Lipinski definition) is 1. The molecule has 0 spiro atoms. The summed E-state index contributed by atoms with van der Waals surface area (Å²) in [6.07, 6.45) is 1.04. The maximum Gasteiger partial charge on any atom is 0.307 e. The quantitative estimate of drug-likeness (QED) is 0.923. The van der Waals surface area contributed by atoms with Gasteiger partial charge in [-0.3, -0.25) is 14.4 Å². The predicted molar refractivity (Wildman–Crippen MR) is 94.7 cm³/mol. The zero-order valence-corrected chi connectivity index (χ0v) is 14.5. The SMILES string of the molecule is CC(=O)N1CCc2cc(NC(=O)CCn3c(C)csc3=O)ccc21. The zero-order chi connectivity index (χ0) is 17.3. The number of benzene rings is 1. The van der Waals surface area contributed by atoms with E-state index in [0.29, 0.717) is 13.1 Å². The van der Waals surface area contributed by atoms with Gasteiger partial charge in [-0.25, -0.2) is 0 Å². The summed E-state index contributed by atoms with van der Waals surface area (Å²) in [5, 5.41) is 4.66. The molecule has 0 fully saturated rings. The van der Waals surface area contributed by atoms with Crippen molar-refractivity contribution in [2.24, 2.45) is 0 Å². The van der Waals surface area contributed by atoms with Gasteiger partial charge in [0.2, 0.25) is 11.8 Å². The first kappa shape index (κ1) is 16.4. The fourth-order valence-electron chi connectivity index (χ4n) is 2.92. The molecule has 3 rings (SSSR count). The molecule has 0 saturated carbocycles. The van der Waals surface area contributed by atoms with Crippen molar-refractivity contribution < 1.29 is 9.59 Å². The van der Waals surface area contributed by atoms with E-state index in [9.17, 15) is 14.4 Å². The van der Waals surface area contributed by atoms with Crippen LogP contribution >= 0.6 is 11.3 Å². The average Bonchev–Trinajstić information content (AvgIpc) is 3.09. The fraction of sp³-hybridized carbons (Fsp3) is 0.353. The molecule has 2 aromatic rings. The van der Waals surface area contributed by atoms with E-state index in [4.69, 9.17) is 0 Å². The van der Waals surface area contributed by atoms with Crippen molar-refractivity contribution in [3.8, 4) is 0 Å². The number of anilines is 2. The summed E-state index contributed by atoms with van der Waals surface area (Å²) < 4.78 is 1.61. The number of fused-ring (bicyclic) bond motifs is 1. The molecule has 1 aliphatic rings. The van der Waals surface area contributed by atoms with Crippen LogP contribution in [0.25, 0.3) is 0 Å². The fourth-order valence-corrected chi connectivity index (χ4v) is 3.68. The van der Waals surface area contributed by atoms with E-state index >= 15 is 0 Å². The Kier molecular flexibility index (Phi) is 4.53. The van der Waals surface area contributed by atoms with Gasteiger partial charge in [-0.15, -0.1) is 0 Å². The van der Waals surface area contributed by atoms with E-state index in [1.807, 2.05) is 19.1 Å². The number of carbonyl (C=O) groups is 2.